The fourth-order valence-electron chi connectivity index (χ4n) is 6.60. The summed E-state index contributed by atoms with van der Waals surface area (Å²) in [6.45, 7) is 3.79. The molecule has 10 heteroatoms. The minimum atomic E-state index is -1.09. The number of hydrazone groups is 1. The fraction of sp³-hybridized carbons (Fsp3) is 0.294. The van der Waals surface area contributed by atoms with Crippen LogP contribution >= 0.6 is 0 Å². The second-order valence-electron chi connectivity index (χ2n) is 11.8. The molecule has 2 fully saturated rings. The normalized spacial score (nSPS) is 25.1. The van der Waals surface area contributed by atoms with Crippen LogP contribution in [0.3, 0.4) is 0 Å². The van der Waals surface area contributed by atoms with Gasteiger partial charge < -0.3 is 0 Å². The summed E-state index contributed by atoms with van der Waals surface area (Å²) in [5, 5.41) is 15.9. The third-order valence-corrected chi connectivity index (χ3v) is 8.82. The number of halogens is 1. The van der Waals surface area contributed by atoms with E-state index in [0.29, 0.717) is 0 Å². The van der Waals surface area contributed by atoms with E-state index in [0.717, 1.165) is 58.2 Å². The van der Waals surface area contributed by atoms with Gasteiger partial charge in [0.2, 0.25) is 0 Å². The van der Waals surface area contributed by atoms with Crippen LogP contribution in [-0.2, 0) is 14.4 Å². The molecule has 3 heterocycles. The van der Waals surface area contributed by atoms with E-state index in [9.17, 15) is 18.8 Å². The van der Waals surface area contributed by atoms with E-state index >= 15 is 0 Å². The molecule has 44 heavy (non-hydrogen) atoms. The van der Waals surface area contributed by atoms with Gasteiger partial charge in [-0.2, -0.15) is 10.2 Å². The predicted molar refractivity (Wildman–Crippen MR) is 163 cm³/mol. The molecule has 0 radical (unpaired) electrons. The standard InChI is InChI=1S/C34H31FN6O3/c1-20-9-13-22(14-10-20)17-24-5-3-8-27-29(24)37-41(31(27)23-15-11-21(2)12-16-23)28(42)19-39-32-30(36-38-39)33(43)40(34(32)44)26-7-4-6-25(35)18-26/h4,6-7,9-18,27,30-32H,3,5,8,19H2,1-2H3/b24-17-. The van der Waals surface area contributed by atoms with Crippen LogP contribution in [0.15, 0.2) is 93.8 Å². The molecule has 0 N–H and O–H groups in total. The van der Waals surface area contributed by atoms with Gasteiger partial charge in [-0.25, -0.2) is 14.3 Å². The van der Waals surface area contributed by atoms with E-state index in [1.807, 2.05) is 31.2 Å². The summed E-state index contributed by atoms with van der Waals surface area (Å²) >= 11 is 0. The van der Waals surface area contributed by atoms with Crippen molar-refractivity contribution in [3.05, 3.63) is 106 Å². The SMILES string of the molecule is Cc1ccc(/C=C2/CCCC3C2=NN(C(=O)CN2N=NC4C(=O)N(c5cccc(F)c5)C(=O)C42)C3c2ccc(C)cc2)cc1. The highest BCUT2D eigenvalue weighted by Crippen LogP contribution is 2.45. The van der Waals surface area contributed by atoms with Gasteiger partial charge in [-0.15, -0.1) is 0 Å². The van der Waals surface area contributed by atoms with Crippen molar-refractivity contribution in [2.24, 2.45) is 21.4 Å². The smallest absolute Gasteiger partial charge is 0.264 e. The number of nitrogens with zero attached hydrogens (tertiary/aromatic N) is 6. The highest BCUT2D eigenvalue weighted by molar-refractivity contribution is 6.25. The fourth-order valence-corrected chi connectivity index (χ4v) is 6.60. The van der Waals surface area contributed by atoms with Crippen molar-refractivity contribution in [2.45, 2.75) is 51.2 Å². The van der Waals surface area contributed by atoms with Crippen molar-refractivity contribution < 1.29 is 18.8 Å². The van der Waals surface area contributed by atoms with Gasteiger partial charge in [0.25, 0.3) is 17.7 Å². The number of aryl methyl sites for hydroxylation is 2. The second kappa shape index (κ2) is 10.9. The van der Waals surface area contributed by atoms with Crippen LogP contribution in [0.1, 0.15) is 47.6 Å². The molecule has 222 valence electrons. The summed E-state index contributed by atoms with van der Waals surface area (Å²) in [4.78, 5) is 41.6. The number of imide groups is 1. The maximum Gasteiger partial charge on any atom is 0.264 e. The predicted octanol–water partition coefficient (Wildman–Crippen LogP) is 5.56. The van der Waals surface area contributed by atoms with Gasteiger partial charge in [0.05, 0.1) is 17.4 Å². The average Bonchev–Trinajstić information content (AvgIpc) is 3.68. The minimum absolute atomic E-state index is 0.0122. The Balaban J connectivity index is 1.19. The molecule has 1 saturated carbocycles. The van der Waals surface area contributed by atoms with Crippen molar-refractivity contribution in [3.8, 4) is 0 Å². The number of benzene rings is 3. The number of hydrogen-bond acceptors (Lipinski definition) is 7. The van der Waals surface area contributed by atoms with Gasteiger partial charge in [0, 0.05) is 5.92 Å². The topological polar surface area (TPSA) is 98.0 Å². The highest BCUT2D eigenvalue weighted by atomic mass is 19.1. The van der Waals surface area contributed by atoms with E-state index in [4.69, 9.17) is 5.10 Å². The van der Waals surface area contributed by atoms with Crippen molar-refractivity contribution in [3.63, 3.8) is 0 Å². The molecule has 4 unspecified atom stereocenters. The molecular formula is C34H31FN6O3. The average molecular weight is 591 g/mol. The van der Waals surface area contributed by atoms with Crippen LogP contribution < -0.4 is 4.90 Å². The van der Waals surface area contributed by atoms with Crippen molar-refractivity contribution in [2.75, 3.05) is 11.4 Å². The number of carbonyl (C=O) groups excluding carboxylic acids is 3. The first-order chi connectivity index (χ1) is 21.3. The number of rotatable bonds is 5. The van der Waals surface area contributed by atoms with Crippen molar-refractivity contribution >= 4 is 35.2 Å². The lowest BCUT2D eigenvalue weighted by Gasteiger charge is -2.30. The zero-order valence-corrected chi connectivity index (χ0v) is 24.4. The summed E-state index contributed by atoms with van der Waals surface area (Å²) < 4.78 is 13.9. The summed E-state index contributed by atoms with van der Waals surface area (Å²) in [6, 6.07) is 19.3. The Bertz CT molecular complexity index is 1750. The Morgan fingerprint density at radius 2 is 1.68 bits per heavy atom. The summed E-state index contributed by atoms with van der Waals surface area (Å²) in [7, 11) is 0. The number of anilines is 1. The number of hydrogen-bond donors (Lipinski definition) is 0. The maximum absolute atomic E-state index is 14.1. The van der Waals surface area contributed by atoms with Crippen LogP contribution in [-0.4, -0.2) is 52.1 Å². The molecule has 3 aliphatic heterocycles. The molecular weight excluding hydrogens is 559 g/mol. The molecule has 3 aromatic carbocycles. The maximum atomic E-state index is 14.1. The Hall–Kier alpha value is -4.99. The highest BCUT2D eigenvalue weighted by Gasteiger charge is 2.55. The van der Waals surface area contributed by atoms with Crippen LogP contribution in [0.5, 0.6) is 0 Å². The first-order valence-electron chi connectivity index (χ1n) is 14.8. The van der Waals surface area contributed by atoms with E-state index in [2.05, 4.69) is 47.6 Å². The van der Waals surface area contributed by atoms with Gasteiger partial charge in [-0.3, -0.25) is 19.4 Å². The number of amides is 3. The number of carbonyl (C=O) groups is 3. The molecule has 3 aromatic rings. The second-order valence-corrected chi connectivity index (χ2v) is 11.8. The molecule has 1 aliphatic carbocycles. The molecule has 9 nitrogen and oxygen atoms in total. The molecule has 3 amide bonds. The van der Waals surface area contributed by atoms with Crippen LogP contribution in [0.4, 0.5) is 10.1 Å². The lowest BCUT2D eigenvalue weighted by Crippen LogP contribution is -2.45. The number of fused-ring (bicyclic) bond motifs is 2. The molecule has 0 aromatic heterocycles. The Labute approximate surface area is 254 Å². The van der Waals surface area contributed by atoms with Crippen molar-refractivity contribution in [1.29, 1.82) is 0 Å². The Morgan fingerprint density at radius 3 is 2.41 bits per heavy atom. The van der Waals surface area contributed by atoms with Gasteiger partial charge in [0.15, 0.2) is 12.1 Å². The van der Waals surface area contributed by atoms with Crippen LogP contribution in [0, 0.1) is 25.6 Å². The lowest BCUT2D eigenvalue weighted by atomic mass is 9.77. The molecule has 7 rings (SSSR count). The zero-order chi connectivity index (χ0) is 30.5. The molecule has 1 saturated heterocycles. The first-order valence-corrected chi connectivity index (χ1v) is 14.8. The molecule has 0 bridgehead atoms. The lowest BCUT2D eigenvalue weighted by molar-refractivity contribution is -0.136. The van der Waals surface area contributed by atoms with Gasteiger partial charge in [-0.1, -0.05) is 70.9 Å². The third-order valence-electron chi connectivity index (χ3n) is 8.82. The Morgan fingerprint density at radius 1 is 0.955 bits per heavy atom. The monoisotopic (exact) mass is 590 g/mol. The zero-order valence-electron chi connectivity index (χ0n) is 24.4. The van der Waals surface area contributed by atoms with Crippen LogP contribution in [0.2, 0.25) is 0 Å². The third kappa shape index (κ3) is 4.80. The summed E-state index contributed by atoms with van der Waals surface area (Å²) in [6.07, 6.45) is 4.88. The van der Waals surface area contributed by atoms with Crippen molar-refractivity contribution in [1.82, 2.24) is 10.0 Å². The van der Waals surface area contributed by atoms with Gasteiger partial charge in [-0.05, 0) is 74.1 Å². The van der Waals surface area contributed by atoms with Gasteiger partial charge >= 0.3 is 0 Å². The van der Waals surface area contributed by atoms with E-state index in [1.54, 1.807) is 0 Å². The van der Waals surface area contributed by atoms with E-state index in [1.165, 1.54) is 33.8 Å². The molecule has 4 aliphatic rings. The summed E-state index contributed by atoms with van der Waals surface area (Å²) in [5.74, 6) is -2.10. The Kier molecular flexibility index (Phi) is 6.91. The summed E-state index contributed by atoms with van der Waals surface area (Å²) in [5.41, 5.74) is 6.51. The number of allylic oxidation sites excluding steroid dienone is 1. The van der Waals surface area contributed by atoms with E-state index in [-0.39, 0.29) is 30.1 Å². The molecule has 4 atom stereocenters. The quantitative estimate of drug-likeness (QED) is 0.364. The first kappa shape index (κ1) is 27.8. The largest absolute Gasteiger partial charge is 0.271 e. The van der Waals surface area contributed by atoms with Gasteiger partial charge in [0.1, 0.15) is 12.4 Å². The molecule has 0 spiro atoms. The van der Waals surface area contributed by atoms with Crippen LogP contribution in [0.25, 0.3) is 6.08 Å². The van der Waals surface area contributed by atoms with E-state index < -0.39 is 29.7 Å². The minimum Gasteiger partial charge on any atom is -0.271 e.